The summed E-state index contributed by atoms with van der Waals surface area (Å²) in [6, 6.07) is 10.6. The summed E-state index contributed by atoms with van der Waals surface area (Å²) in [7, 11) is 1.45. The number of likely N-dealkylation sites (N-methyl/N-ethyl adjacent to an activating group) is 1. The third kappa shape index (κ3) is 4.14. The highest BCUT2D eigenvalue weighted by molar-refractivity contribution is 7.12. The van der Waals surface area contributed by atoms with Crippen molar-refractivity contribution in [3.8, 4) is 0 Å². The monoisotopic (exact) mass is 384 g/mol. The molecule has 0 radical (unpaired) electrons. The van der Waals surface area contributed by atoms with Gasteiger partial charge in [0.2, 0.25) is 6.04 Å². The lowest BCUT2D eigenvalue weighted by Gasteiger charge is -2.25. The second kappa shape index (κ2) is 8.26. The first-order chi connectivity index (χ1) is 13.0. The van der Waals surface area contributed by atoms with E-state index in [0.29, 0.717) is 0 Å². The number of amides is 1. The van der Waals surface area contributed by atoms with Crippen LogP contribution in [0.3, 0.4) is 0 Å². The molecule has 6 nitrogen and oxygen atoms in total. The number of benzene rings is 1. The Morgan fingerprint density at radius 2 is 1.85 bits per heavy atom. The van der Waals surface area contributed by atoms with Crippen LogP contribution in [0.5, 0.6) is 0 Å². The van der Waals surface area contributed by atoms with Crippen LogP contribution in [0.2, 0.25) is 0 Å². The number of carbonyl (C=O) groups is 3. The predicted molar refractivity (Wildman–Crippen MR) is 103 cm³/mol. The highest BCUT2D eigenvalue weighted by atomic mass is 32.1. The molecule has 0 bridgehead atoms. The minimum Gasteiger partial charge on any atom is -0.479 e. The summed E-state index contributed by atoms with van der Waals surface area (Å²) in [5.41, 5.74) is 2.32. The van der Waals surface area contributed by atoms with Crippen LogP contribution in [0.4, 0.5) is 0 Å². The van der Waals surface area contributed by atoms with Gasteiger partial charge in [0.25, 0.3) is 11.7 Å². The molecule has 0 saturated heterocycles. The average Bonchev–Trinajstić information content (AvgIpc) is 3.12. The maximum absolute atomic E-state index is 12.1. The Bertz CT molecular complexity index is 888. The number of ketones is 1. The van der Waals surface area contributed by atoms with Gasteiger partial charge in [0.15, 0.2) is 0 Å². The minimum absolute atomic E-state index is 0.264. The van der Waals surface area contributed by atoms with Crippen molar-refractivity contribution in [2.24, 2.45) is 4.99 Å². The molecule has 0 fully saturated rings. The molecule has 1 aromatic carbocycles. The number of nitrogens with zero attached hydrogens (tertiary/aromatic N) is 2. The second-order valence-corrected chi connectivity index (χ2v) is 7.31. The summed E-state index contributed by atoms with van der Waals surface area (Å²) < 4.78 is 0. The average molecular weight is 384 g/mol. The maximum Gasteiger partial charge on any atom is 0.336 e. The van der Waals surface area contributed by atoms with Gasteiger partial charge in [-0.25, -0.2) is 9.79 Å². The molecule has 3 rings (SSSR count). The van der Waals surface area contributed by atoms with E-state index in [1.54, 1.807) is 0 Å². The number of aliphatic imine (C=N–C) groups is 1. The summed E-state index contributed by atoms with van der Waals surface area (Å²) in [6.45, 7) is 0. The lowest BCUT2D eigenvalue weighted by molar-refractivity contribution is -0.149. The summed E-state index contributed by atoms with van der Waals surface area (Å²) in [6.07, 6.45) is 3.79. The van der Waals surface area contributed by atoms with Crippen molar-refractivity contribution in [2.75, 3.05) is 7.05 Å². The molecule has 140 valence electrons. The molecule has 1 aromatic heterocycles. The normalized spacial score (nSPS) is 17.1. The maximum atomic E-state index is 12.1. The molecule has 27 heavy (non-hydrogen) atoms. The molecule has 1 atom stereocenters. The predicted octanol–water partition coefficient (Wildman–Crippen LogP) is 2.55. The molecule has 1 aliphatic heterocycles. The summed E-state index contributed by atoms with van der Waals surface area (Å²) in [5, 5.41) is 11.1. The molecule has 1 N–H and O–H groups in total. The number of hydrogen-bond acceptors (Lipinski definition) is 5. The van der Waals surface area contributed by atoms with Crippen LogP contribution >= 0.6 is 11.3 Å². The fraction of sp³-hybridized carbons (Fsp3) is 0.300. The van der Waals surface area contributed by atoms with Crippen molar-refractivity contribution in [1.82, 2.24) is 4.90 Å². The van der Waals surface area contributed by atoms with E-state index in [2.05, 4.69) is 17.1 Å². The number of thiophene rings is 1. The number of rotatable bonds is 7. The van der Waals surface area contributed by atoms with E-state index < -0.39 is 23.7 Å². The van der Waals surface area contributed by atoms with Crippen molar-refractivity contribution in [3.05, 3.63) is 57.8 Å². The number of unbranched alkanes of at least 4 members (excludes halogenated alkanes) is 1. The van der Waals surface area contributed by atoms with E-state index in [9.17, 15) is 19.5 Å². The van der Waals surface area contributed by atoms with Crippen LogP contribution < -0.4 is 0 Å². The molecular weight excluding hydrogens is 364 g/mol. The third-order valence-corrected chi connectivity index (χ3v) is 5.47. The number of aliphatic carboxylic acids is 1. The first-order valence-electron chi connectivity index (χ1n) is 8.72. The van der Waals surface area contributed by atoms with E-state index >= 15 is 0 Å². The number of carboxylic acids is 1. The van der Waals surface area contributed by atoms with E-state index in [0.717, 1.165) is 41.0 Å². The number of Topliss-reactive ketones (excluding diaryl/α,β-unsaturated/α-hetero) is 1. The van der Waals surface area contributed by atoms with E-state index in [1.807, 2.05) is 29.6 Å². The van der Waals surface area contributed by atoms with Gasteiger partial charge in [-0.3, -0.25) is 14.5 Å². The highest BCUT2D eigenvalue weighted by Crippen LogP contribution is 2.24. The number of hydrogen-bond donors (Lipinski definition) is 1. The van der Waals surface area contributed by atoms with Gasteiger partial charge in [0.05, 0.1) is 4.88 Å². The topological polar surface area (TPSA) is 87.0 Å². The van der Waals surface area contributed by atoms with Crippen molar-refractivity contribution in [1.29, 1.82) is 0 Å². The van der Waals surface area contributed by atoms with E-state index in [1.165, 1.54) is 23.9 Å². The molecule has 0 saturated carbocycles. The van der Waals surface area contributed by atoms with Crippen LogP contribution in [-0.2, 0) is 27.2 Å². The van der Waals surface area contributed by atoms with Gasteiger partial charge in [0, 0.05) is 7.05 Å². The van der Waals surface area contributed by atoms with Crippen LogP contribution in [0.1, 0.15) is 28.8 Å². The fourth-order valence-corrected chi connectivity index (χ4v) is 4.03. The zero-order valence-corrected chi connectivity index (χ0v) is 15.7. The minimum atomic E-state index is -1.66. The Morgan fingerprint density at radius 1 is 1.15 bits per heavy atom. The van der Waals surface area contributed by atoms with Gasteiger partial charge in [-0.15, -0.1) is 11.3 Å². The number of aryl methyl sites for hydroxylation is 2. The summed E-state index contributed by atoms with van der Waals surface area (Å²) in [4.78, 5) is 41.2. The molecule has 7 heteroatoms. The van der Waals surface area contributed by atoms with E-state index in [4.69, 9.17) is 0 Å². The van der Waals surface area contributed by atoms with Gasteiger partial charge in [-0.1, -0.05) is 30.3 Å². The lowest BCUT2D eigenvalue weighted by atomic mass is 10.0. The molecule has 1 amide bonds. The van der Waals surface area contributed by atoms with Crippen LogP contribution in [-0.4, -0.2) is 46.6 Å². The SMILES string of the molecule is CN1C(=O)C(=O)C(C(=O)O)N=C1c1sccc1CCCCc1ccccc1. The second-order valence-electron chi connectivity index (χ2n) is 6.39. The molecule has 2 aromatic rings. The Labute approximate surface area is 161 Å². The molecule has 1 unspecified atom stereocenters. The summed E-state index contributed by atoms with van der Waals surface area (Å²) in [5.74, 6) is -2.98. The fourth-order valence-electron chi connectivity index (χ4n) is 3.04. The first kappa shape index (κ1) is 19.0. The number of amidine groups is 1. The standard InChI is InChI=1S/C20H20N2O4S/c1-22-18(21-15(20(25)26)16(23)19(22)24)17-14(11-12-27-17)10-6-5-9-13-7-3-2-4-8-13/h2-4,7-8,11-12,15H,5-6,9-10H2,1H3,(H,25,26). The Kier molecular flexibility index (Phi) is 5.81. The smallest absolute Gasteiger partial charge is 0.336 e. The largest absolute Gasteiger partial charge is 0.479 e. The quantitative estimate of drug-likeness (QED) is 0.451. The van der Waals surface area contributed by atoms with Gasteiger partial charge in [0.1, 0.15) is 5.84 Å². The Morgan fingerprint density at radius 3 is 2.56 bits per heavy atom. The first-order valence-corrected chi connectivity index (χ1v) is 9.60. The lowest BCUT2D eigenvalue weighted by Crippen LogP contribution is -2.50. The summed E-state index contributed by atoms with van der Waals surface area (Å²) >= 11 is 1.40. The zero-order valence-electron chi connectivity index (χ0n) is 14.9. The molecule has 2 heterocycles. The van der Waals surface area contributed by atoms with Crippen molar-refractivity contribution in [2.45, 2.75) is 31.7 Å². The number of carboxylic acid groups (broad SMARTS) is 1. The Balaban J connectivity index is 1.72. The third-order valence-electron chi connectivity index (χ3n) is 4.52. The van der Waals surface area contributed by atoms with E-state index in [-0.39, 0.29) is 5.84 Å². The van der Waals surface area contributed by atoms with Crippen molar-refractivity contribution < 1.29 is 19.5 Å². The van der Waals surface area contributed by atoms with Gasteiger partial charge in [-0.2, -0.15) is 0 Å². The van der Waals surface area contributed by atoms with Crippen LogP contribution in [0.15, 0.2) is 46.8 Å². The van der Waals surface area contributed by atoms with Crippen LogP contribution in [0.25, 0.3) is 0 Å². The highest BCUT2D eigenvalue weighted by Gasteiger charge is 2.40. The van der Waals surface area contributed by atoms with Gasteiger partial charge in [-0.05, 0) is 48.3 Å². The van der Waals surface area contributed by atoms with Crippen LogP contribution in [0, 0.1) is 0 Å². The molecular formula is C20H20N2O4S. The van der Waals surface area contributed by atoms with Crippen molar-refractivity contribution >= 4 is 34.8 Å². The number of carbonyl (C=O) groups excluding carboxylic acids is 2. The molecule has 0 aliphatic carbocycles. The van der Waals surface area contributed by atoms with Gasteiger partial charge < -0.3 is 5.11 Å². The molecule has 0 spiro atoms. The van der Waals surface area contributed by atoms with Gasteiger partial charge >= 0.3 is 5.97 Å². The van der Waals surface area contributed by atoms with Crippen molar-refractivity contribution in [3.63, 3.8) is 0 Å². The molecule has 1 aliphatic rings. The zero-order chi connectivity index (χ0) is 19.4. The Hall–Kier alpha value is -2.80.